The molecule has 1 saturated carbocycles. The highest BCUT2D eigenvalue weighted by Gasteiger charge is 2.38. The Hall–Kier alpha value is -1.72. The summed E-state index contributed by atoms with van der Waals surface area (Å²) in [7, 11) is -3.48. The lowest BCUT2D eigenvalue weighted by Crippen LogP contribution is -2.33. The van der Waals surface area contributed by atoms with E-state index in [0.29, 0.717) is 11.4 Å². The first kappa shape index (κ1) is 15.2. The fraction of sp³-hybridized carbons (Fsp3) is 0.353. The van der Waals surface area contributed by atoms with Gasteiger partial charge in [0.05, 0.1) is 4.90 Å². The van der Waals surface area contributed by atoms with Crippen molar-refractivity contribution < 1.29 is 8.42 Å². The molecule has 0 N–H and O–H groups in total. The molecule has 1 aliphatic carbocycles. The summed E-state index contributed by atoms with van der Waals surface area (Å²) in [4.78, 5) is 4.50. The fourth-order valence-corrected chi connectivity index (χ4v) is 4.54. The van der Waals surface area contributed by atoms with Crippen molar-refractivity contribution in [2.24, 2.45) is 0 Å². The van der Waals surface area contributed by atoms with Gasteiger partial charge in [-0.2, -0.15) is 4.31 Å². The Bertz CT molecular complexity index is 769. The third kappa shape index (κ3) is 3.05. The highest BCUT2D eigenvalue weighted by atomic mass is 32.2. The summed E-state index contributed by atoms with van der Waals surface area (Å²) >= 11 is 0. The molecule has 5 heteroatoms. The van der Waals surface area contributed by atoms with Crippen molar-refractivity contribution >= 4 is 10.0 Å². The molecule has 0 amide bonds. The number of aromatic nitrogens is 1. The molecule has 1 aromatic heterocycles. The molecule has 4 nitrogen and oxygen atoms in total. The predicted molar refractivity (Wildman–Crippen MR) is 85.9 cm³/mol. The van der Waals surface area contributed by atoms with Gasteiger partial charge in [0.1, 0.15) is 0 Å². The van der Waals surface area contributed by atoms with Crippen molar-refractivity contribution in [2.45, 2.75) is 44.2 Å². The maximum atomic E-state index is 13.1. The molecular weight excluding hydrogens is 296 g/mol. The molecule has 0 aliphatic heterocycles. The maximum Gasteiger partial charge on any atom is 0.243 e. The van der Waals surface area contributed by atoms with Crippen LogP contribution in [0.15, 0.2) is 47.6 Å². The van der Waals surface area contributed by atoms with Gasteiger partial charge in [-0.1, -0.05) is 18.2 Å². The van der Waals surface area contributed by atoms with Crippen molar-refractivity contribution in [1.29, 1.82) is 0 Å². The first-order chi connectivity index (χ1) is 10.5. The first-order valence-corrected chi connectivity index (χ1v) is 8.90. The second-order valence-corrected chi connectivity index (χ2v) is 7.77. The first-order valence-electron chi connectivity index (χ1n) is 7.46. The molecule has 1 heterocycles. The van der Waals surface area contributed by atoms with E-state index in [0.717, 1.165) is 29.5 Å². The van der Waals surface area contributed by atoms with Gasteiger partial charge < -0.3 is 0 Å². The Morgan fingerprint density at radius 3 is 2.64 bits per heavy atom. The van der Waals surface area contributed by atoms with Crippen LogP contribution >= 0.6 is 0 Å². The zero-order chi connectivity index (χ0) is 15.7. The van der Waals surface area contributed by atoms with Crippen molar-refractivity contribution in [3.63, 3.8) is 0 Å². The lowest BCUT2D eigenvalue weighted by Gasteiger charge is -2.23. The summed E-state index contributed by atoms with van der Waals surface area (Å²) < 4.78 is 27.8. The molecule has 0 bridgehead atoms. The molecule has 1 aromatic carbocycles. The van der Waals surface area contributed by atoms with Crippen molar-refractivity contribution in [2.75, 3.05) is 0 Å². The molecule has 1 fully saturated rings. The fourth-order valence-electron chi connectivity index (χ4n) is 2.56. The smallest absolute Gasteiger partial charge is 0.243 e. The number of hydrogen-bond acceptors (Lipinski definition) is 3. The van der Waals surface area contributed by atoms with E-state index in [1.807, 2.05) is 38.1 Å². The topological polar surface area (TPSA) is 50.3 Å². The van der Waals surface area contributed by atoms with Crippen molar-refractivity contribution in [3.8, 4) is 0 Å². The number of aryl methyl sites for hydroxylation is 2. The van der Waals surface area contributed by atoms with E-state index in [4.69, 9.17) is 0 Å². The van der Waals surface area contributed by atoms with Crippen LogP contribution in [0.4, 0.5) is 0 Å². The normalized spacial score (nSPS) is 15.2. The summed E-state index contributed by atoms with van der Waals surface area (Å²) in [5.74, 6) is 0. The van der Waals surface area contributed by atoms with Crippen LogP contribution in [0, 0.1) is 13.8 Å². The minimum atomic E-state index is -3.48. The summed E-state index contributed by atoms with van der Waals surface area (Å²) in [5.41, 5.74) is 2.67. The van der Waals surface area contributed by atoms with Gasteiger partial charge in [0, 0.05) is 25.0 Å². The number of sulfonamides is 1. The Labute approximate surface area is 131 Å². The zero-order valence-corrected chi connectivity index (χ0v) is 13.7. The van der Waals surface area contributed by atoms with Gasteiger partial charge >= 0.3 is 0 Å². The van der Waals surface area contributed by atoms with Crippen molar-refractivity contribution in [3.05, 3.63) is 59.4 Å². The van der Waals surface area contributed by atoms with Gasteiger partial charge in [0.2, 0.25) is 10.0 Å². The quantitative estimate of drug-likeness (QED) is 0.852. The monoisotopic (exact) mass is 316 g/mol. The van der Waals surface area contributed by atoms with E-state index < -0.39 is 10.0 Å². The average Bonchev–Trinajstić information content (AvgIpc) is 3.32. The van der Waals surface area contributed by atoms with E-state index in [2.05, 4.69) is 4.98 Å². The highest BCUT2D eigenvalue weighted by Crippen LogP contribution is 2.34. The second kappa shape index (κ2) is 5.82. The van der Waals surface area contributed by atoms with E-state index in [-0.39, 0.29) is 6.04 Å². The number of rotatable bonds is 5. The Kier molecular flexibility index (Phi) is 4.02. The largest absolute Gasteiger partial charge is 0.264 e. The number of benzene rings is 1. The van der Waals surface area contributed by atoms with Gasteiger partial charge in [0.15, 0.2) is 0 Å². The minimum absolute atomic E-state index is 0.116. The minimum Gasteiger partial charge on any atom is -0.264 e. The summed E-state index contributed by atoms with van der Waals surface area (Å²) in [6.07, 6.45) is 5.30. The van der Waals surface area contributed by atoms with Crippen LogP contribution in [0.1, 0.15) is 29.5 Å². The van der Waals surface area contributed by atoms with Gasteiger partial charge in [-0.15, -0.1) is 0 Å². The van der Waals surface area contributed by atoms with Crippen LogP contribution in [0.5, 0.6) is 0 Å². The molecule has 22 heavy (non-hydrogen) atoms. The van der Waals surface area contributed by atoms with E-state index in [1.54, 1.807) is 22.8 Å². The number of pyridine rings is 1. The second-order valence-electron chi connectivity index (χ2n) is 5.91. The van der Waals surface area contributed by atoms with Crippen LogP contribution in [0.25, 0.3) is 0 Å². The van der Waals surface area contributed by atoms with E-state index in [1.165, 1.54) is 0 Å². The lowest BCUT2D eigenvalue weighted by molar-refractivity contribution is 0.398. The van der Waals surface area contributed by atoms with Crippen LogP contribution in [-0.4, -0.2) is 23.7 Å². The van der Waals surface area contributed by atoms with Gasteiger partial charge in [-0.05, 0) is 55.5 Å². The van der Waals surface area contributed by atoms with Crippen LogP contribution in [0.2, 0.25) is 0 Å². The van der Waals surface area contributed by atoms with Gasteiger partial charge in [0.25, 0.3) is 0 Å². The Morgan fingerprint density at radius 2 is 2.00 bits per heavy atom. The molecule has 0 unspecified atom stereocenters. The highest BCUT2D eigenvalue weighted by molar-refractivity contribution is 7.89. The van der Waals surface area contributed by atoms with E-state index in [9.17, 15) is 8.42 Å². The maximum absolute atomic E-state index is 13.1. The lowest BCUT2D eigenvalue weighted by atomic mass is 10.2. The summed E-state index contributed by atoms with van der Waals surface area (Å²) in [5, 5.41) is 0. The summed E-state index contributed by atoms with van der Waals surface area (Å²) in [6.45, 7) is 4.15. The van der Waals surface area contributed by atoms with Gasteiger partial charge in [-0.3, -0.25) is 4.98 Å². The molecule has 0 radical (unpaired) electrons. The van der Waals surface area contributed by atoms with Crippen molar-refractivity contribution in [1.82, 2.24) is 9.29 Å². The Balaban J connectivity index is 1.98. The molecule has 1 aliphatic rings. The third-order valence-corrected chi connectivity index (χ3v) is 5.99. The number of nitrogens with zero attached hydrogens (tertiary/aromatic N) is 2. The van der Waals surface area contributed by atoms with E-state index >= 15 is 0 Å². The molecule has 0 spiro atoms. The van der Waals surface area contributed by atoms with Crippen LogP contribution in [-0.2, 0) is 16.6 Å². The molecule has 3 rings (SSSR count). The van der Waals surface area contributed by atoms with Gasteiger partial charge in [-0.25, -0.2) is 8.42 Å². The molecular formula is C17H20N2O2S. The SMILES string of the molecule is Cc1ccc(C)c(S(=O)(=O)N(Cc2cccnc2)C2CC2)c1. The predicted octanol–water partition coefficient (Wildman–Crippen LogP) is 3.05. The number of hydrogen-bond donors (Lipinski definition) is 0. The third-order valence-electron chi connectivity index (χ3n) is 3.95. The van der Waals surface area contributed by atoms with Crippen LogP contribution in [0.3, 0.4) is 0 Å². The average molecular weight is 316 g/mol. The molecule has 2 aromatic rings. The Morgan fingerprint density at radius 1 is 1.23 bits per heavy atom. The van der Waals surface area contributed by atoms with Crippen LogP contribution < -0.4 is 0 Å². The standard InChI is InChI=1S/C17H20N2O2S/c1-13-5-6-14(2)17(10-13)22(20,21)19(16-7-8-16)12-15-4-3-9-18-11-15/h3-6,9-11,16H,7-8,12H2,1-2H3. The summed E-state index contributed by atoms with van der Waals surface area (Å²) in [6, 6.07) is 9.45. The molecule has 0 atom stereocenters. The molecule has 0 saturated heterocycles. The zero-order valence-electron chi connectivity index (χ0n) is 12.9. The molecule has 116 valence electrons.